The zero-order chi connectivity index (χ0) is 17.0. The molecule has 0 aliphatic rings. The highest BCUT2D eigenvalue weighted by atomic mass is 16.5. The fourth-order valence-electron chi connectivity index (χ4n) is 2.14. The van der Waals surface area contributed by atoms with E-state index in [9.17, 15) is 14.4 Å². The zero-order valence-electron chi connectivity index (χ0n) is 13.2. The summed E-state index contributed by atoms with van der Waals surface area (Å²) in [6, 6.07) is 4.32. The van der Waals surface area contributed by atoms with Crippen LogP contribution in [-0.2, 0) is 9.53 Å². The summed E-state index contributed by atoms with van der Waals surface area (Å²) in [5.74, 6) is -0.961. The number of amides is 2. The van der Waals surface area contributed by atoms with Gasteiger partial charge in [-0.2, -0.15) is 0 Å². The Bertz CT molecular complexity index is 775. The van der Waals surface area contributed by atoms with Gasteiger partial charge < -0.3 is 19.8 Å². The molecule has 8 heteroatoms. The highest BCUT2D eigenvalue weighted by Crippen LogP contribution is 2.20. The molecule has 2 aromatic rings. The molecule has 0 bridgehead atoms. The number of fused-ring (bicyclic) bond motifs is 1. The molecule has 0 atom stereocenters. The molecule has 0 saturated heterocycles. The largest absolute Gasteiger partial charge is 0.465 e. The van der Waals surface area contributed by atoms with Crippen LogP contribution >= 0.6 is 0 Å². The smallest absolute Gasteiger partial charge is 0.420 e. The summed E-state index contributed by atoms with van der Waals surface area (Å²) in [6.45, 7) is 5.48. The van der Waals surface area contributed by atoms with Crippen LogP contribution in [0.3, 0.4) is 0 Å². The van der Waals surface area contributed by atoms with Gasteiger partial charge in [-0.05, 0) is 32.9 Å². The van der Waals surface area contributed by atoms with Gasteiger partial charge in [0.15, 0.2) is 5.58 Å². The Labute approximate surface area is 132 Å². The average molecular weight is 321 g/mol. The van der Waals surface area contributed by atoms with Gasteiger partial charge in [0.05, 0.1) is 12.1 Å². The van der Waals surface area contributed by atoms with Gasteiger partial charge in [0.25, 0.3) is 0 Å². The van der Waals surface area contributed by atoms with Gasteiger partial charge in [-0.25, -0.2) is 9.59 Å². The molecule has 2 amide bonds. The van der Waals surface area contributed by atoms with Crippen molar-refractivity contribution in [3.63, 3.8) is 0 Å². The van der Waals surface area contributed by atoms with Crippen LogP contribution in [0.25, 0.3) is 11.1 Å². The topological polar surface area (TPSA) is 103 Å². The number of urea groups is 1. The molecule has 0 unspecified atom stereocenters. The van der Waals surface area contributed by atoms with E-state index in [1.807, 2.05) is 13.8 Å². The van der Waals surface area contributed by atoms with E-state index in [4.69, 9.17) is 9.15 Å². The van der Waals surface area contributed by atoms with Gasteiger partial charge in [0.2, 0.25) is 0 Å². The van der Waals surface area contributed by atoms with Crippen LogP contribution in [0, 0.1) is 0 Å². The molecular formula is C15H19N3O5. The fourth-order valence-corrected chi connectivity index (χ4v) is 2.14. The van der Waals surface area contributed by atoms with Crippen molar-refractivity contribution in [1.29, 1.82) is 0 Å². The maximum absolute atomic E-state index is 11.8. The molecule has 0 radical (unpaired) electrons. The quantitative estimate of drug-likeness (QED) is 0.818. The highest BCUT2D eigenvalue weighted by molar-refractivity contribution is 5.93. The Morgan fingerprint density at radius 2 is 2.09 bits per heavy atom. The van der Waals surface area contributed by atoms with E-state index < -0.39 is 17.8 Å². The van der Waals surface area contributed by atoms with E-state index in [1.165, 1.54) is 4.57 Å². The van der Waals surface area contributed by atoms with Crippen molar-refractivity contribution in [2.24, 2.45) is 0 Å². The first-order valence-electron chi connectivity index (χ1n) is 7.28. The van der Waals surface area contributed by atoms with E-state index in [1.54, 1.807) is 25.1 Å². The van der Waals surface area contributed by atoms with Gasteiger partial charge >= 0.3 is 17.8 Å². The Kier molecular flexibility index (Phi) is 5.05. The monoisotopic (exact) mass is 321 g/mol. The minimum absolute atomic E-state index is 0.0320. The van der Waals surface area contributed by atoms with Gasteiger partial charge in [-0.15, -0.1) is 0 Å². The third kappa shape index (κ3) is 3.91. The molecule has 2 rings (SSSR count). The van der Waals surface area contributed by atoms with E-state index >= 15 is 0 Å². The van der Waals surface area contributed by atoms with Crippen molar-refractivity contribution >= 4 is 28.8 Å². The van der Waals surface area contributed by atoms with Gasteiger partial charge in [0.1, 0.15) is 6.54 Å². The number of benzene rings is 1. The lowest BCUT2D eigenvalue weighted by Crippen LogP contribution is -2.34. The summed E-state index contributed by atoms with van der Waals surface area (Å²) in [7, 11) is 0. The number of anilines is 1. The van der Waals surface area contributed by atoms with Crippen molar-refractivity contribution in [1.82, 2.24) is 9.88 Å². The van der Waals surface area contributed by atoms with Crippen LogP contribution < -0.4 is 16.4 Å². The number of rotatable bonds is 5. The predicted octanol–water partition coefficient (Wildman–Crippen LogP) is 1.86. The number of oxazole rings is 1. The molecule has 8 nitrogen and oxygen atoms in total. The second-order valence-corrected chi connectivity index (χ2v) is 5.13. The van der Waals surface area contributed by atoms with Crippen molar-refractivity contribution in [2.75, 3.05) is 18.5 Å². The SMILES string of the molecule is CCOC(=O)CNC(=O)Nc1ccc2c(c1)oc(=O)n2C(C)C. The average Bonchev–Trinajstić information content (AvgIpc) is 2.80. The third-order valence-electron chi connectivity index (χ3n) is 3.09. The Morgan fingerprint density at radius 1 is 1.35 bits per heavy atom. The minimum Gasteiger partial charge on any atom is -0.465 e. The molecule has 1 aromatic heterocycles. The second kappa shape index (κ2) is 6.99. The summed E-state index contributed by atoms with van der Waals surface area (Å²) in [5, 5.41) is 4.94. The minimum atomic E-state index is -0.553. The number of aromatic nitrogens is 1. The molecule has 23 heavy (non-hydrogen) atoms. The summed E-state index contributed by atoms with van der Waals surface area (Å²) >= 11 is 0. The van der Waals surface area contributed by atoms with Crippen molar-refractivity contribution in [3.05, 3.63) is 28.7 Å². The molecule has 2 N–H and O–H groups in total. The maximum Gasteiger partial charge on any atom is 0.420 e. The van der Waals surface area contributed by atoms with Crippen LogP contribution in [0.15, 0.2) is 27.4 Å². The van der Waals surface area contributed by atoms with Crippen LogP contribution in [0.5, 0.6) is 0 Å². The molecule has 0 saturated carbocycles. The fraction of sp³-hybridized carbons (Fsp3) is 0.400. The van der Waals surface area contributed by atoms with E-state index in [-0.39, 0.29) is 19.2 Å². The Hall–Kier alpha value is -2.77. The summed E-state index contributed by atoms with van der Waals surface area (Å²) in [5.41, 5.74) is 1.48. The zero-order valence-corrected chi connectivity index (χ0v) is 13.2. The summed E-state index contributed by atoms with van der Waals surface area (Å²) in [4.78, 5) is 34.7. The molecule has 0 aliphatic heterocycles. The Morgan fingerprint density at radius 3 is 2.74 bits per heavy atom. The number of hydrogen-bond donors (Lipinski definition) is 2. The lowest BCUT2D eigenvalue weighted by atomic mass is 10.2. The normalized spacial score (nSPS) is 10.8. The lowest BCUT2D eigenvalue weighted by Gasteiger charge is -2.08. The highest BCUT2D eigenvalue weighted by Gasteiger charge is 2.13. The van der Waals surface area contributed by atoms with E-state index in [0.29, 0.717) is 16.8 Å². The summed E-state index contributed by atoms with van der Waals surface area (Å²) in [6.07, 6.45) is 0. The molecular weight excluding hydrogens is 302 g/mol. The molecule has 124 valence electrons. The molecule has 1 heterocycles. The van der Waals surface area contributed by atoms with Crippen molar-refractivity contribution in [3.8, 4) is 0 Å². The van der Waals surface area contributed by atoms with Crippen molar-refractivity contribution in [2.45, 2.75) is 26.8 Å². The van der Waals surface area contributed by atoms with E-state index in [0.717, 1.165) is 0 Å². The molecule has 0 fully saturated rings. The molecule has 1 aromatic carbocycles. The van der Waals surface area contributed by atoms with Crippen LogP contribution in [0.4, 0.5) is 10.5 Å². The van der Waals surface area contributed by atoms with Crippen LogP contribution in [-0.4, -0.2) is 29.7 Å². The number of nitrogens with one attached hydrogen (secondary N) is 2. The number of nitrogens with zero attached hydrogens (tertiary/aromatic N) is 1. The lowest BCUT2D eigenvalue weighted by molar-refractivity contribution is -0.141. The van der Waals surface area contributed by atoms with E-state index in [2.05, 4.69) is 10.6 Å². The van der Waals surface area contributed by atoms with Gasteiger partial charge in [-0.1, -0.05) is 0 Å². The number of carbonyl (C=O) groups is 2. The molecule has 0 spiro atoms. The summed E-state index contributed by atoms with van der Waals surface area (Å²) < 4.78 is 11.4. The van der Waals surface area contributed by atoms with Crippen LogP contribution in [0.1, 0.15) is 26.8 Å². The first-order valence-corrected chi connectivity index (χ1v) is 7.28. The van der Waals surface area contributed by atoms with Gasteiger partial charge in [-0.3, -0.25) is 9.36 Å². The van der Waals surface area contributed by atoms with Gasteiger partial charge in [0, 0.05) is 17.8 Å². The maximum atomic E-state index is 11.8. The van der Waals surface area contributed by atoms with Crippen LogP contribution in [0.2, 0.25) is 0 Å². The first kappa shape index (κ1) is 16.6. The Balaban J connectivity index is 2.08. The predicted molar refractivity (Wildman–Crippen MR) is 84.5 cm³/mol. The second-order valence-electron chi connectivity index (χ2n) is 5.13. The molecule has 0 aliphatic carbocycles. The number of carbonyl (C=O) groups excluding carboxylic acids is 2. The number of ether oxygens (including phenoxy) is 1. The number of esters is 1. The number of hydrogen-bond acceptors (Lipinski definition) is 5. The van der Waals surface area contributed by atoms with Crippen molar-refractivity contribution < 1.29 is 18.7 Å². The standard InChI is InChI=1S/C15H19N3O5/c1-4-22-13(19)8-16-14(20)17-10-5-6-11-12(7-10)23-15(21)18(11)9(2)3/h5-7,9H,4,8H2,1-3H3,(H2,16,17,20). The third-order valence-corrected chi connectivity index (χ3v) is 3.09. The first-order chi connectivity index (χ1) is 10.9.